The topological polar surface area (TPSA) is 61.5 Å². The second-order valence-electron chi connectivity index (χ2n) is 2.60. The van der Waals surface area contributed by atoms with Crippen molar-refractivity contribution in [3.8, 4) is 0 Å². The molecule has 0 amide bonds. The first kappa shape index (κ1) is 8.33. The molecule has 0 saturated carbocycles. The maximum atomic E-state index is 5.30. The molecule has 70 valence electrons. The normalized spacial score (nSPS) is 23.8. The molecule has 0 aliphatic carbocycles. The van der Waals surface area contributed by atoms with Gasteiger partial charge in [0.05, 0.1) is 12.4 Å². The molecule has 1 aliphatic rings. The van der Waals surface area contributed by atoms with Crippen LogP contribution in [0.25, 0.3) is 0 Å². The average molecular weight is 182 g/mol. The standard InChI is InChI=1S/C7H10N4O2/c1-6-12-4-7(8-5-13-6)11-3-2-9-10-11/h2-3,6H,4-5H2,1H3. The first-order valence-corrected chi connectivity index (χ1v) is 3.99. The summed E-state index contributed by atoms with van der Waals surface area (Å²) in [6.07, 6.45) is 3.10. The molecule has 0 aromatic carbocycles. The highest BCUT2D eigenvalue weighted by Gasteiger charge is 2.11. The molecule has 2 rings (SSSR count). The molecule has 1 unspecified atom stereocenters. The van der Waals surface area contributed by atoms with E-state index in [9.17, 15) is 0 Å². The van der Waals surface area contributed by atoms with Crippen LogP contribution in [0.15, 0.2) is 17.4 Å². The van der Waals surface area contributed by atoms with Crippen LogP contribution in [0.2, 0.25) is 0 Å². The van der Waals surface area contributed by atoms with Crippen LogP contribution in [0.4, 0.5) is 0 Å². The second kappa shape index (κ2) is 3.63. The second-order valence-corrected chi connectivity index (χ2v) is 2.60. The van der Waals surface area contributed by atoms with E-state index >= 15 is 0 Å². The minimum Gasteiger partial charge on any atom is -0.345 e. The predicted octanol–water partition coefficient (Wildman–Crippen LogP) is -0.125. The third kappa shape index (κ3) is 1.90. The molecule has 0 N–H and O–H groups in total. The van der Waals surface area contributed by atoms with Crippen LogP contribution < -0.4 is 0 Å². The highest BCUT2D eigenvalue weighted by molar-refractivity contribution is 5.84. The first-order valence-electron chi connectivity index (χ1n) is 3.99. The van der Waals surface area contributed by atoms with Crippen molar-refractivity contribution in [2.24, 2.45) is 4.99 Å². The fourth-order valence-electron chi connectivity index (χ4n) is 0.987. The van der Waals surface area contributed by atoms with Crippen LogP contribution in [0.5, 0.6) is 0 Å². The summed E-state index contributed by atoms with van der Waals surface area (Å²) in [4.78, 5) is 4.15. The molecule has 1 aromatic heterocycles. The number of hydrogen-bond acceptors (Lipinski definition) is 5. The summed E-state index contributed by atoms with van der Waals surface area (Å²) in [6.45, 7) is 2.53. The smallest absolute Gasteiger partial charge is 0.157 e. The molecular weight excluding hydrogens is 172 g/mol. The predicted molar refractivity (Wildman–Crippen MR) is 44.2 cm³/mol. The number of nitrogens with zero attached hydrogens (tertiary/aromatic N) is 4. The zero-order valence-corrected chi connectivity index (χ0v) is 7.25. The Kier molecular flexibility index (Phi) is 2.33. The molecular formula is C7H10N4O2. The lowest BCUT2D eigenvalue weighted by Crippen LogP contribution is -2.20. The Morgan fingerprint density at radius 1 is 1.54 bits per heavy atom. The van der Waals surface area contributed by atoms with E-state index in [1.54, 1.807) is 17.1 Å². The quantitative estimate of drug-likeness (QED) is 0.561. The molecule has 1 aliphatic heterocycles. The van der Waals surface area contributed by atoms with Crippen molar-refractivity contribution in [2.45, 2.75) is 13.2 Å². The van der Waals surface area contributed by atoms with Crippen LogP contribution in [0.3, 0.4) is 0 Å². The van der Waals surface area contributed by atoms with Gasteiger partial charge < -0.3 is 9.47 Å². The highest BCUT2D eigenvalue weighted by Crippen LogP contribution is 2.00. The monoisotopic (exact) mass is 182 g/mol. The Bertz CT molecular complexity index is 295. The summed E-state index contributed by atoms with van der Waals surface area (Å²) in [5.74, 6) is 0.710. The van der Waals surface area contributed by atoms with Crippen molar-refractivity contribution < 1.29 is 9.47 Å². The zero-order valence-electron chi connectivity index (χ0n) is 7.25. The minimum absolute atomic E-state index is 0.218. The van der Waals surface area contributed by atoms with Gasteiger partial charge in [0, 0.05) is 0 Å². The summed E-state index contributed by atoms with van der Waals surface area (Å²) < 4.78 is 12.0. The Morgan fingerprint density at radius 2 is 2.46 bits per heavy atom. The van der Waals surface area contributed by atoms with Crippen molar-refractivity contribution in [1.29, 1.82) is 0 Å². The van der Waals surface area contributed by atoms with E-state index in [0.717, 1.165) is 0 Å². The maximum absolute atomic E-state index is 5.30. The number of rotatable bonds is 0. The van der Waals surface area contributed by atoms with Crippen LogP contribution in [-0.4, -0.2) is 40.5 Å². The molecule has 1 aromatic rings. The zero-order chi connectivity index (χ0) is 9.10. The number of ether oxygens (including phenoxy) is 2. The molecule has 13 heavy (non-hydrogen) atoms. The SMILES string of the molecule is CC1OCN=C(n2ccnn2)CO1. The van der Waals surface area contributed by atoms with E-state index in [1.807, 2.05) is 6.92 Å². The van der Waals surface area contributed by atoms with Gasteiger partial charge in [0.25, 0.3) is 0 Å². The first-order chi connectivity index (χ1) is 6.36. The fourth-order valence-corrected chi connectivity index (χ4v) is 0.987. The third-order valence-electron chi connectivity index (χ3n) is 1.69. The Hall–Kier alpha value is -1.27. The molecule has 0 spiro atoms. The van der Waals surface area contributed by atoms with Gasteiger partial charge in [-0.2, -0.15) is 0 Å². The summed E-state index contributed by atoms with van der Waals surface area (Å²) >= 11 is 0. The van der Waals surface area contributed by atoms with Gasteiger partial charge in [0.1, 0.15) is 13.3 Å². The van der Waals surface area contributed by atoms with Crippen LogP contribution >= 0.6 is 0 Å². The minimum atomic E-state index is -0.218. The molecule has 0 saturated heterocycles. The van der Waals surface area contributed by atoms with Crippen LogP contribution in [-0.2, 0) is 9.47 Å². The van der Waals surface area contributed by atoms with E-state index in [0.29, 0.717) is 19.2 Å². The lowest BCUT2D eigenvalue weighted by atomic mass is 10.6. The van der Waals surface area contributed by atoms with Gasteiger partial charge in [0.2, 0.25) is 0 Å². The highest BCUT2D eigenvalue weighted by atomic mass is 16.7. The molecule has 1 atom stereocenters. The third-order valence-corrected chi connectivity index (χ3v) is 1.69. The van der Waals surface area contributed by atoms with Crippen LogP contribution in [0, 0.1) is 0 Å². The lowest BCUT2D eigenvalue weighted by molar-refractivity contribution is -0.111. The molecule has 6 nitrogen and oxygen atoms in total. The van der Waals surface area contributed by atoms with E-state index < -0.39 is 0 Å². The summed E-state index contributed by atoms with van der Waals surface area (Å²) in [5.41, 5.74) is 0. The summed E-state index contributed by atoms with van der Waals surface area (Å²) in [6, 6.07) is 0. The Balaban J connectivity index is 2.11. The number of hydrogen-bond donors (Lipinski definition) is 0. The van der Waals surface area contributed by atoms with Gasteiger partial charge >= 0.3 is 0 Å². The molecule has 0 radical (unpaired) electrons. The van der Waals surface area contributed by atoms with Crippen molar-refractivity contribution >= 4 is 5.84 Å². The molecule has 0 bridgehead atoms. The number of aromatic nitrogens is 3. The van der Waals surface area contributed by atoms with Gasteiger partial charge in [-0.3, -0.25) is 0 Å². The summed E-state index contributed by atoms with van der Waals surface area (Å²) in [5, 5.41) is 7.49. The average Bonchev–Trinajstić information content (AvgIpc) is 2.56. The van der Waals surface area contributed by atoms with Gasteiger partial charge in [-0.15, -0.1) is 5.10 Å². The van der Waals surface area contributed by atoms with Gasteiger partial charge in [0.15, 0.2) is 12.1 Å². The van der Waals surface area contributed by atoms with Crippen molar-refractivity contribution in [3.63, 3.8) is 0 Å². The van der Waals surface area contributed by atoms with E-state index in [1.165, 1.54) is 0 Å². The Labute approximate surface area is 75.2 Å². The molecule has 0 fully saturated rings. The van der Waals surface area contributed by atoms with Gasteiger partial charge in [-0.1, -0.05) is 5.21 Å². The fraction of sp³-hybridized carbons (Fsp3) is 0.571. The lowest BCUT2D eigenvalue weighted by Gasteiger charge is -2.07. The van der Waals surface area contributed by atoms with Crippen molar-refractivity contribution in [1.82, 2.24) is 15.0 Å². The number of aliphatic imine (C=N–C) groups is 1. The van der Waals surface area contributed by atoms with Gasteiger partial charge in [-0.05, 0) is 6.92 Å². The van der Waals surface area contributed by atoms with Crippen molar-refractivity contribution in [3.05, 3.63) is 12.4 Å². The molecule has 6 heteroatoms. The van der Waals surface area contributed by atoms with Crippen LogP contribution in [0.1, 0.15) is 6.92 Å². The summed E-state index contributed by atoms with van der Waals surface area (Å²) in [7, 11) is 0. The van der Waals surface area contributed by atoms with Gasteiger partial charge in [-0.25, -0.2) is 9.67 Å². The maximum Gasteiger partial charge on any atom is 0.157 e. The van der Waals surface area contributed by atoms with E-state index in [4.69, 9.17) is 9.47 Å². The van der Waals surface area contributed by atoms with Crippen molar-refractivity contribution in [2.75, 3.05) is 13.3 Å². The Morgan fingerprint density at radius 3 is 3.23 bits per heavy atom. The van der Waals surface area contributed by atoms with E-state index in [-0.39, 0.29) is 6.29 Å². The largest absolute Gasteiger partial charge is 0.345 e. The van der Waals surface area contributed by atoms with E-state index in [2.05, 4.69) is 15.3 Å². The molecule has 2 heterocycles.